The van der Waals surface area contributed by atoms with Gasteiger partial charge in [0.15, 0.2) is 5.96 Å². The van der Waals surface area contributed by atoms with Crippen LogP contribution in [0, 0.1) is 0 Å². The highest BCUT2D eigenvalue weighted by molar-refractivity contribution is 5.85. The van der Waals surface area contributed by atoms with Gasteiger partial charge in [-0.3, -0.25) is 4.79 Å². The molecule has 1 amide bonds. The number of pyridine rings is 1. The van der Waals surface area contributed by atoms with Gasteiger partial charge in [-0.05, 0) is 25.0 Å². The molecule has 1 aliphatic heterocycles. The Kier molecular flexibility index (Phi) is 7.25. The van der Waals surface area contributed by atoms with E-state index in [0.29, 0.717) is 18.5 Å². The molecule has 2 heterocycles. The average Bonchev–Trinajstić information content (AvgIpc) is 2.64. The van der Waals surface area contributed by atoms with E-state index in [-0.39, 0.29) is 12.5 Å². The predicted molar refractivity (Wildman–Crippen MR) is 102 cm³/mol. The number of carbonyl (C=O) groups excluding carboxylic acids is 1. The third-order valence-corrected chi connectivity index (χ3v) is 4.09. The van der Waals surface area contributed by atoms with E-state index in [1.807, 2.05) is 24.4 Å². The van der Waals surface area contributed by atoms with Crippen LogP contribution in [0.15, 0.2) is 42.0 Å². The number of carbonyl (C=O) groups is 1. The number of aromatic nitrogens is 1. The lowest BCUT2D eigenvalue weighted by atomic mass is 10.1. The number of amides is 1. The van der Waals surface area contributed by atoms with Crippen LogP contribution in [0.2, 0.25) is 0 Å². The summed E-state index contributed by atoms with van der Waals surface area (Å²) >= 11 is 0. The van der Waals surface area contributed by atoms with Gasteiger partial charge in [0, 0.05) is 46.0 Å². The first-order valence-electron chi connectivity index (χ1n) is 8.62. The molecular formula is C18H28N6O. The van der Waals surface area contributed by atoms with Crippen LogP contribution in [0.4, 0.5) is 5.82 Å². The highest BCUT2D eigenvalue weighted by Gasteiger charge is 2.20. The minimum Gasteiger partial charge on any atom is -0.356 e. The van der Waals surface area contributed by atoms with Crippen LogP contribution in [0.3, 0.4) is 0 Å². The van der Waals surface area contributed by atoms with Crippen molar-refractivity contribution in [3.63, 3.8) is 0 Å². The van der Waals surface area contributed by atoms with Crippen molar-refractivity contribution in [1.82, 2.24) is 20.5 Å². The molecule has 7 nitrogen and oxygen atoms in total. The molecule has 2 rings (SSSR count). The standard InChI is InChI=1S/C18H28N6O/c1-4-10-20-18(21-14-17(25)23(2)3)22-15-8-12-24(13-9-15)16-7-5-6-11-19-16/h4-7,11,15H,1,8-10,12-14H2,2-3H3,(H2,20,21,22). The zero-order valence-corrected chi connectivity index (χ0v) is 15.1. The van der Waals surface area contributed by atoms with Gasteiger partial charge in [0.05, 0.1) is 0 Å². The van der Waals surface area contributed by atoms with Gasteiger partial charge < -0.3 is 20.4 Å². The number of guanidine groups is 1. The Labute approximate surface area is 149 Å². The van der Waals surface area contributed by atoms with E-state index in [2.05, 4.69) is 32.1 Å². The number of nitrogens with one attached hydrogen (secondary N) is 2. The summed E-state index contributed by atoms with van der Waals surface area (Å²) in [7, 11) is 3.46. The molecule has 0 aliphatic carbocycles. The number of likely N-dealkylation sites (N-methyl/N-ethyl adjacent to an activating group) is 1. The van der Waals surface area contributed by atoms with E-state index in [9.17, 15) is 4.79 Å². The van der Waals surface area contributed by atoms with Gasteiger partial charge in [-0.15, -0.1) is 6.58 Å². The number of anilines is 1. The zero-order valence-electron chi connectivity index (χ0n) is 15.1. The molecular weight excluding hydrogens is 316 g/mol. The lowest BCUT2D eigenvalue weighted by Gasteiger charge is -2.33. The van der Waals surface area contributed by atoms with Crippen molar-refractivity contribution in [2.24, 2.45) is 4.99 Å². The first kappa shape index (κ1) is 18.8. The number of hydrogen-bond acceptors (Lipinski definition) is 4. The monoisotopic (exact) mass is 344 g/mol. The zero-order chi connectivity index (χ0) is 18.1. The summed E-state index contributed by atoms with van der Waals surface area (Å²) in [4.78, 5) is 24.4. The number of hydrogen-bond donors (Lipinski definition) is 2. The molecule has 0 bridgehead atoms. The van der Waals surface area contributed by atoms with Crippen molar-refractivity contribution < 1.29 is 4.79 Å². The maximum Gasteiger partial charge on any atom is 0.243 e. The van der Waals surface area contributed by atoms with Gasteiger partial charge in [0.1, 0.15) is 12.4 Å². The van der Waals surface area contributed by atoms with E-state index in [1.165, 1.54) is 0 Å². The lowest BCUT2D eigenvalue weighted by Crippen LogP contribution is -2.49. The molecule has 1 aromatic heterocycles. The summed E-state index contributed by atoms with van der Waals surface area (Å²) < 4.78 is 0. The van der Waals surface area contributed by atoms with Crippen molar-refractivity contribution in [3.05, 3.63) is 37.1 Å². The number of aliphatic imine (C=N–C) groups is 1. The molecule has 1 aromatic rings. The van der Waals surface area contributed by atoms with Crippen LogP contribution < -0.4 is 15.5 Å². The molecule has 0 aromatic carbocycles. The first-order valence-corrected chi connectivity index (χ1v) is 8.62. The highest BCUT2D eigenvalue weighted by atomic mass is 16.2. The van der Waals surface area contributed by atoms with Gasteiger partial charge in [0.25, 0.3) is 0 Å². The van der Waals surface area contributed by atoms with E-state index < -0.39 is 0 Å². The van der Waals surface area contributed by atoms with E-state index >= 15 is 0 Å². The average molecular weight is 344 g/mol. The highest BCUT2D eigenvalue weighted by Crippen LogP contribution is 2.17. The Bertz CT molecular complexity index is 578. The molecule has 0 atom stereocenters. The fourth-order valence-electron chi connectivity index (χ4n) is 2.60. The molecule has 0 saturated carbocycles. The van der Waals surface area contributed by atoms with Gasteiger partial charge >= 0.3 is 0 Å². The number of piperidine rings is 1. The Hall–Kier alpha value is -2.57. The maximum absolute atomic E-state index is 11.7. The third kappa shape index (κ3) is 6.10. The van der Waals surface area contributed by atoms with Gasteiger partial charge in [0.2, 0.25) is 5.91 Å². The van der Waals surface area contributed by atoms with Crippen LogP contribution >= 0.6 is 0 Å². The lowest BCUT2D eigenvalue weighted by molar-refractivity contribution is -0.127. The first-order chi connectivity index (χ1) is 12.1. The number of rotatable bonds is 6. The van der Waals surface area contributed by atoms with E-state index in [4.69, 9.17) is 0 Å². The topological polar surface area (TPSA) is 72.9 Å². The molecule has 2 N–H and O–H groups in total. The summed E-state index contributed by atoms with van der Waals surface area (Å²) in [6.45, 7) is 6.34. The van der Waals surface area contributed by atoms with Gasteiger partial charge in [-0.2, -0.15) is 0 Å². The summed E-state index contributed by atoms with van der Waals surface area (Å²) in [5, 5.41) is 6.61. The summed E-state index contributed by atoms with van der Waals surface area (Å²) in [5.74, 6) is 1.66. The second kappa shape index (κ2) is 9.66. The molecule has 1 saturated heterocycles. The second-order valence-corrected chi connectivity index (χ2v) is 6.22. The third-order valence-electron chi connectivity index (χ3n) is 4.09. The molecule has 0 unspecified atom stereocenters. The normalized spacial score (nSPS) is 15.6. The van der Waals surface area contributed by atoms with Crippen molar-refractivity contribution >= 4 is 17.7 Å². The molecule has 25 heavy (non-hydrogen) atoms. The SMILES string of the molecule is C=CCNC(=NCC(=O)N(C)C)NC1CCN(c2ccccn2)CC1. The minimum absolute atomic E-state index is 0.0234. The van der Waals surface area contributed by atoms with Crippen molar-refractivity contribution in [3.8, 4) is 0 Å². The molecule has 0 radical (unpaired) electrons. The van der Waals surface area contributed by atoms with E-state index in [1.54, 1.807) is 25.1 Å². The minimum atomic E-state index is -0.0234. The Balaban J connectivity index is 1.88. The van der Waals surface area contributed by atoms with Crippen LogP contribution in [0.25, 0.3) is 0 Å². The number of nitrogens with zero attached hydrogens (tertiary/aromatic N) is 4. The van der Waals surface area contributed by atoms with Crippen LogP contribution in [-0.4, -0.2) is 68.1 Å². The summed E-state index contributed by atoms with van der Waals surface area (Å²) in [6, 6.07) is 6.31. The summed E-state index contributed by atoms with van der Waals surface area (Å²) in [5.41, 5.74) is 0. The van der Waals surface area contributed by atoms with Crippen LogP contribution in [0.1, 0.15) is 12.8 Å². The van der Waals surface area contributed by atoms with Crippen molar-refractivity contribution in [2.45, 2.75) is 18.9 Å². The quantitative estimate of drug-likeness (QED) is 0.455. The predicted octanol–water partition coefficient (Wildman–Crippen LogP) is 0.860. The second-order valence-electron chi connectivity index (χ2n) is 6.22. The Morgan fingerprint density at radius 3 is 2.80 bits per heavy atom. The van der Waals surface area contributed by atoms with Crippen LogP contribution in [-0.2, 0) is 4.79 Å². The van der Waals surface area contributed by atoms with Gasteiger partial charge in [-0.25, -0.2) is 9.98 Å². The molecule has 1 aliphatic rings. The smallest absolute Gasteiger partial charge is 0.243 e. The van der Waals surface area contributed by atoms with Gasteiger partial charge in [-0.1, -0.05) is 12.1 Å². The maximum atomic E-state index is 11.7. The Morgan fingerprint density at radius 1 is 1.44 bits per heavy atom. The van der Waals surface area contributed by atoms with Crippen molar-refractivity contribution in [1.29, 1.82) is 0 Å². The van der Waals surface area contributed by atoms with Crippen molar-refractivity contribution in [2.75, 3.05) is 45.2 Å². The molecule has 1 fully saturated rings. The summed E-state index contributed by atoms with van der Waals surface area (Å²) in [6.07, 6.45) is 5.58. The largest absolute Gasteiger partial charge is 0.356 e. The molecule has 0 spiro atoms. The fourth-order valence-corrected chi connectivity index (χ4v) is 2.60. The molecule has 7 heteroatoms. The Morgan fingerprint density at radius 2 is 2.20 bits per heavy atom. The fraction of sp³-hybridized carbons (Fsp3) is 0.500. The van der Waals surface area contributed by atoms with Crippen LogP contribution in [0.5, 0.6) is 0 Å². The van der Waals surface area contributed by atoms with E-state index in [0.717, 1.165) is 31.7 Å². The molecule has 136 valence electrons.